The minimum atomic E-state index is -1.58. The molecule has 0 fully saturated rings. The topological polar surface area (TPSA) is 9.23 Å². The maximum Gasteiger partial charge on any atom is 0.198 e. The van der Waals surface area contributed by atoms with Crippen LogP contribution in [-0.2, 0) is 25.2 Å². The van der Waals surface area contributed by atoms with Gasteiger partial charge in [-0.3, -0.25) is 0 Å². The van der Waals surface area contributed by atoms with Gasteiger partial charge < -0.3 is 4.12 Å². The first-order valence-corrected chi connectivity index (χ1v) is 12.6. The smallest absolute Gasteiger partial charge is 0.198 e. The molecule has 0 unspecified atom stereocenters. The Morgan fingerprint density at radius 1 is 0.850 bits per heavy atom. The van der Waals surface area contributed by atoms with Crippen LogP contribution < -0.4 is 0 Å². The maximum absolute atomic E-state index is 5.97. The largest absolute Gasteiger partial charge is 0.449 e. The Labute approximate surface area is 141 Å². The number of hydrogen-bond acceptors (Lipinski definition) is 1. The summed E-state index contributed by atoms with van der Waals surface area (Å²) in [6.07, 6.45) is 0. The Morgan fingerprint density at radius 3 is 1.35 bits per heavy atom. The van der Waals surface area contributed by atoms with E-state index >= 15 is 0 Å². The monoisotopic (exact) mass is 487 g/mol. The summed E-state index contributed by atoms with van der Waals surface area (Å²) in [6.45, 7) is 20.4. The number of rotatable bonds is 4. The molecule has 116 valence electrons. The van der Waals surface area contributed by atoms with Crippen molar-refractivity contribution in [2.45, 2.75) is 40.0 Å². The molecule has 0 aromatic heterocycles. The van der Waals surface area contributed by atoms with E-state index in [0.29, 0.717) is 0 Å². The molecule has 1 aromatic carbocycles. The normalized spacial score (nSPS) is 10.7. The van der Waals surface area contributed by atoms with Gasteiger partial charge in [-0.25, -0.2) is 0 Å². The van der Waals surface area contributed by atoms with Gasteiger partial charge in [0.2, 0.25) is 0 Å². The summed E-state index contributed by atoms with van der Waals surface area (Å²) in [4.78, 5) is 0. The van der Waals surface area contributed by atoms with Crippen molar-refractivity contribution in [2.75, 3.05) is 0 Å². The van der Waals surface area contributed by atoms with E-state index in [4.69, 9.17) is 4.12 Å². The summed E-state index contributed by atoms with van der Waals surface area (Å²) in [5.74, 6) is 0. The van der Waals surface area contributed by atoms with Crippen LogP contribution in [0.15, 0.2) is 48.8 Å². The number of hydrogen-bond donors (Lipinski definition) is 0. The summed E-state index contributed by atoms with van der Waals surface area (Å²) in [7, 11) is -3.16. The molecule has 4 heteroatoms. The van der Waals surface area contributed by atoms with Crippen LogP contribution in [0.25, 0.3) is 0 Å². The second-order valence-electron chi connectivity index (χ2n) is 5.80. The first kappa shape index (κ1) is 22.1. The predicted octanol–water partition coefficient (Wildman–Crippen LogP) is 5.16. The van der Waals surface area contributed by atoms with Crippen LogP contribution in [0, 0.1) is 13.8 Å². The van der Waals surface area contributed by atoms with Gasteiger partial charge in [-0.1, -0.05) is 35.7 Å². The zero-order valence-electron chi connectivity index (χ0n) is 13.6. The van der Waals surface area contributed by atoms with Crippen LogP contribution >= 0.6 is 0 Å². The molecule has 0 radical (unpaired) electrons. The minimum Gasteiger partial charge on any atom is -0.449 e. The maximum atomic E-state index is 5.97. The third kappa shape index (κ3) is 9.65. The minimum absolute atomic E-state index is 0. The van der Waals surface area contributed by atoms with Crippen LogP contribution in [0.4, 0.5) is 0 Å². The Kier molecular flexibility index (Phi) is 10.7. The van der Waals surface area contributed by atoms with Gasteiger partial charge in [0.1, 0.15) is 0 Å². The van der Waals surface area contributed by atoms with E-state index in [9.17, 15) is 0 Å². The summed E-state index contributed by atoms with van der Waals surface area (Å²) < 4.78 is 5.97. The number of benzene rings is 1. The second kappa shape index (κ2) is 9.67. The van der Waals surface area contributed by atoms with Gasteiger partial charge in [0.25, 0.3) is 0 Å². The molecule has 0 N–H and O–H groups in total. The molecule has 1 nitrogen and oxygen atoms in total. The van der Waals surface area contributed by atoms with E-state index in [1.807, 2.05) is 11.4 Å². The molecule has 0 bridgehead atoms. The van der Waals surface area contributed by atoms with Gasteiger partial charge in [-0.2, -0.15) is 0 Å². The molecule has 0 aliphatic carbocycles. The summed E-state index contributed by atoms with van der Waals surface area (Å²) >= 11 is 0. The molecular formula is C16H28OPtSi2. The molecule has 0 aliphatic heterocycles. The molecule has 1 rings (SSSR count). The molecule has 0 saturated carbocycles. The SMILES string of the molecule is C=C[Si](C)(C)O[Si](C)(C)C=C.Cc1ccccc1C.[Pt]. The Hall–Kier alpha value is -0.218. The molecule has 0 spiro atoms. The quantitative estimate of drug-likeness (QED) is 0.533. The van der Waals surface area contributed by atoms with Crippen molar-refractivity contribution >= 4 is 16.6 Å². The van der Waals surface area contributed by atoms with Crippen LogP contribution in [0.1, 0.15) is 11.1 Å². The molecule has 0 heterocycles. The molecule has 0 amide bonds. The van der Waals surface area contributed by atoms with Crippen molar-refractivity contribution in [1.82, 2.24) is 0 Å². The van der Waals surface area contributed by atoms with Crippen LogP contribution in [-0.4, -0.2) is 16.6 Å². The molecular weight excluding hydrogens is 459 g/mol. The van der Waals surface area contributed by atoms with E-state index < -0.39 is 16.6 Å². The van der Waals surface area contributed by atoms with E-state index in [2.05, 4.69) is 77.5 Å². The first-order valence-electron chi connectivity index (χ1n) is 6.63. The molecule has 0 atom stereocenters. The van der Waals surface area contributed by atoms with E-state index in [1.54, 1.807) is 0 Å². The van der Waals surface area contributed by atoms with Crippen molar-refractivity contribution in [1.29, 1.82) is 0 Å². The van der Waals surface area contributed by atoms with Gasteiger partial charge in [0.15, 0.2) is 16.6 Å². The molecule has 20 heavy (non-hydrogen) atoms. The zero-order valence-corrected chi connectivity index (χ0v) is 17.9. The fourth-order valence-corrected chi connectivity index (χ4v) is 7.51. The van der Waals surface area contributed by atoms with Gasteiger partial charge in [-0.05, 0) is 51.2 Å². The van der Waals surface area contributed by atoms with E-state index in [-0.39, 0.29) is 21.1 Å². The van der Waals surface area contributed by atoms with Crippen molar-refractivity contribution in [3.8, 4) is 0 Å². The van der Waals surface area contributed by atoms with E-state index in [1.165, 1.54) is 11.1 Å². The Balaban J connectivity index is 0. The third-order valence-electron chi connectivity index (χ3n) is 2.93. The summed E-state index contributed by atoms with van der Waals surface area (Å²) in [5.41, 5.74) is 6.66. The Bertz CT molecular complexity index is 389. The van der Waals surface area contributed by atoms with Gasteiger partial charge in [0.05, 0.1) is 0 Å². The third-order valence-corrected chi connectivity index (χ3v) is 9.11. The van der Waals surface area contributed by atoms with Gasteiger partial charge in [-0.15, -0.1) is 13.2 Å². The van der Waals surface area contributed by atoms with Gasteiger partial charge in [0, 0.05) is 21.1 Å². The average Bonchev–Trinajstić information content (AvgIpc) is 2.33. The fourth-order valence-electron chi connectivity index (χ4n) is 1.42. The zero-order chi connectivity index (χ0) is 15.1. The second-order valence-corrected chi connectivity index (χ2v) is 13.8. The first-order chi connectivity index (χ1) is 8.63. The van der Waals surface area contributed by atoms with Gasteiger partial charge >= 0.3 is 0 Å². The molecule has 0 saturated heterocycles. The standard InChI is InChI=1S/C8H18OSi2.C8H10.Pt/c1-7-10(3,4)9-11(5,6)8-2;1-7-5-3-4-6-8(7)2;/h7-8H,1-2H2,3-6H3;3-6H,1-2H3;. The van der Waals surface area contributed by atoms with Crippen LogP contribution in [0.5, 0.6) is 0 Å². The van der Waals surface area contributed by atoms with Crippen molar-refractivity contribution < 1.29 is 25.2 Å². The summed E-state index contributed by atoms with van der Waals surface area (Å²) in [5, 5.41) is 0. The average molecular weight is 488 g/mol. The predicted molar refractivity (Wildman–Crippen MR) is 92.4 cm³/mol. The van der Waals surface area contributed by atoms with Crippen molar-refractivity contribution in [3.05, 3.63) is 59.9 Å². The molecule has 0 aliphatic rings. The summed E-state index contributed by atoms with van der Waals surface area (Å²) in [6, 6.07) is 8.36. The van der Waals surface area contributed by atoms with Crippen LogP contribution in [0.2, 0.25) is 26.2 Å². The van der Waals surface area contributed by atoms with E-state index in [0.717, 1.165) is 0 Å². The Morgan fingerprint density at radius 2 is 1.15 bits per heavy atom. The van der Waals surface area contributed by atoms with Crippen LogP contribution in [0.3, 0.4) is 0 Å². The van der Waals surface area contributed by atoms with Crippen molar-refractivity contribution in [3.63, 3.8) is 0 Å². The molecule has 1 aromatic rings. The van der Waals surface area contributed by atoms with Crippen molar-refractivity contribution in [2.24, 2.45) is 0 Å². The fraction of sp³-hybridized carbons (Fsp3) is 0.375. The number of aryl methyl sites for hydroxylation is 2.